The summed E-state index contributed by atoms with van der Waals surface area (Å²) in [5, 5.41) is 10.9. The molecule has 0 bridgehead atoms. The van der Waals surface area contributed by atoms with Crippen LogP contribution < -0.4 is 0 Å². The Morgan fingerprint density at radius 3 is 2.69 bits per heavy atom. The highest BCUT2D eigenvalue weighted by molar-refractivity contribution is 6.30. The normalized spacial score (nSPS) is 30.6. The molecule has 4 aliphatic rings. The fourth-order valence-electron chi connectivity index (χ4n) is 5.39. The smallest absolute Gasteiger partial charge is 0.252 e. The van der Waals surface area contributed by atoms with Crippen molar-refractivity contribution in [3.8, 4) is 0 Å². The number of imide groups is 1. The summed E-state index contributed by atoms with van der Waals surface area (Å²) < 4.78 is 5.47. The summed E-state index contributed by atoms with van der Waals surface area (Å²) in [5.41, 5.74) is 0.120. The van der Waals surface area contributed by atoms with Crippen LogP contribution in [0.15, 0.2) is 24.3 Å². The first kappa shape index (κ1) is 19.5. The third kappa shape index (κ3) is 3.20. The summed E-state index contributed by atoms with van der Waals surface area (Å²) in [4.78, 5) is 32.5. The van der Waals surface area contributed by atoms with Gasteiger partial charge in [0.25, 0.3) is 5.91 Å². The van der Waals surface area contributed by atoms with Gasteiger partial charge in [-0.2, -0.15) is 0 Å². The van der Waals surface area contributed by atoms with Crippen molar-refractivity contribution in [2.24, 2.45) is 0 Å². The van der Waals surface area contributed by atoms with Crippen LogP contribution in [0.4, 0.5) is 0 Å². The Morgan fingerprint density at radius 2 is 1.97 bits per heavy atom. The third-order valence-electron chi connectivity index (χ3n) is 6.89. The third-order valence-corrected chi connectivity index (χ3v) is 7.12. The Labute approximate surface area is 175 Å². The number of hydrogen-bond acceptors (Lipinski definition) is 6. The maximum absolute atomic E-state index is 13.6. The number of piperazine rings is 1. The van der Waals surface area contributed by atoms with Crippen molar-refractivity contribution in [1.82, 2.24) is 14.7 Å². The molecule has 29 heavy (non-hydrogen) atoms. The molecule has 4 heterocycles. The lowest BCUT2D eigenvalue weighted by Gasteiger charge is -2.60. The number of rotatable bonds is 3. The topological polar surface area (TPSA) is 73.3 Å². The van der Waals surface area contributed by atoms with Gasteiger partial charge in [-0.3, -0.25) is 24.3 Å². The van der Waals surface area contributed by atoms with Gasteiger partial charge >= 0.3 is 0 Å². The number of ether oxygens (including phenoxy) is 1. The number of nitrogens with zero attached hydrogens (tertiary/aromatic N) is 3. The first-order chi connectivity index (χ1) is 14.0. The van der Waals surface area contributed by atoms with Gasteiger partial charge in [0.2, 0.25) is 5.91 Å². The standard InChI is InChI=1S/C21H26ClN3O4/c22-15-3-1-2-14(8-15)10-24-19(27)18-9-17(26)11-25(18)21(20(24)28)12-23(13-21)16-4-6-29-7-5-16/h1-3,8,16-18,26H,4-7,9-13H2/t17-,18+/m1/s1. The van der Waals surface area contributed by atoms with Gasteiger partial charge in [-0.25, -0.2) is 0 Å². The minimum Gasteiger partial charge on any atom is -0.392 e. The maximum Gasteiger partial charge on any atom is 0.252 e. The summed E-state index contributed by atoms with van der Waals surface area (Å²) in [6, 6.07) is 7.27. The highest BCUT2D eigenvalue weighted by Crippen LogP contribution is 2.42. The van der Waals surface area contributed by atoms with Gasteiger partial charge in [-0.05, 0) is 37.0 Å². The van der Waals surface area contributed by atoms with E-state index in [4.69, 9.17) is 16.3 Å². The largest absolute Gasteiger partial charge is 0.392 e. The SMILES string of the molecule is O=C1[C@@H]2C[C@@H](O)CN2C2(CN(C3CCOCC3)C2)C(=O)N1Cc1cccc(Cl)c1. The maximum atomic E-state index is 13.6. The lowest BCUT2D eigenvalue weighted by Crippen LogP contribution is -2.82. The fraction of sp³-hybridized carbons (Fsp3) is 0.619. The van der Waals surface area contributed by atoms with Crippen LogP contribution in [0.5, 0.6) is 0 Å². The molecule has 0 saturated carbocycles. The van der Waals surface area contributed by atoms with Crippen LogP contribution >= 0.6 is 11.6 Å². The summed E-state index contributed by atoms with van der Waals surface area (Å²) in [6.07, 6.45) is 1.76. The number of β-amino-alcohol motifs (C(OH)–C–C–N with tert-alkyl or cyclic N) is 1. The molecule has 8 heteroatoms. The summed E-state index contributed by atoms with van der Waals surface area (Å²) >= 11 is 6.10. The van der Waals surface area contributed by atoms with Crippen molar-refractivity contribution in [2.45, 2.75) is 49.5 Å². The molecular weight excluding hydrogens is 394 g/mol. The minimum atomic E-state index is -0.715. The van der Waals surface area contributed by atoms with E-state index in [1.807, 2.05) is 17.0 Å². The average molecular weight is 420 g/mol. The predicted octanol–water partition coefficient (Wildman–Crippen LogP) is 0.877. The number of carbonyl (C=O) groups excluding carboxylic acids is 2. The number of aliphatic hydroxyl groups is 1. The molecule has 4 fully saturated rings. The molecule has 0 aromatic heterocycles. The fourth-order valence-corrected chi connectivity index (χ4v) is 5.61. The zero-order chi connectivity index (χ0) is 20.2. The Bertz CT molecular complexity index is 822. The summed E-state index contributed by atoms with van der Waals surface area (Å²) in [7, 11) is 0. The molecule has 0 unspecified atom stereocenters. The quantitative estimate of drug-likeness (QED) is 0.733. The number of fused-ring (bicyclic) bond motifs is 2. The Kier molecular flexibility index (Phi) is 4.91. The molecule has 5 rings (SSSR count). The number of likely N-dealkylation sites (tertiary alicyclic amines) is 1. The van der Waals surface area contributed by atoms with Crippen LogP contribution in [-0.2, 0) is 20.9 Å². The number of hydrogen-bond donors (Lipinski definition) is 1. The van der Waals surface area contributed by atoms with E-state index in [1.54, 1.807) is 12.1 Å². The van der Waals surface area contributed by atoms with Crippen LogP contribution in [0.1, 0.15) is 24.8 Å². The van der Waals surface area contributed by atoms with E-state index in [0.29, 0.717) is 37.1 Å². The van der Waals surface area contributed by atoms with E-state index in [9.17, 15) is 14.7 Å². The Balaban J connectivity index is 1.41. The number of benzene rings is 1. The molecule has 156 valence electrons. The van der Waals surface area contributed by atoms with Gasteiger partial charge in [-0.15, -0.1) is 0 Å². The molecule has 2 atom stereocenters. The van der Waals surface area contributed by atoms with Crippen LogP contribution in [0.2, 0.25) is 5.02 Å². The first-order valence-corrected chi connectivity index (χ1v) is 10.7. The number of carbonyl (C=O) groups is 2. The second-order valence-corrected chi connectivity index (χ2v) is 9.13. The lowest BCUT2D eigenvalue weighted by molar-refractivity contribution is -0.184. The molecule has 0 aliphatic carbocycles. The first-order valence-electron chi connectivity index (χ1n) is 10.3. The van der Waals surface area contributed by atoms with Gasteiger partial charge in [-0.1, -0.05) is 23.7 Å². The van der Waals surface area contributed by atoms with Crippen molar-refractivity contribution in [1.29, 1.82) is 0 Å². The number of aliphatic hydroxyl groups excluding tert-OH is 1. The van der Waals surface area contributed by atoms with E-state index in [1.165, 1.54) is 4.90 Å². The van der Waals surface area contributed by atoms with E-state index >= 15 is 0 Å². The monoisotopic (exact) mass is 419 g/mol. The van der Waals surface area contributed by atoms with Crippen molar-refractivity contribution < 1.29 is 19.4 Å². The molecular formula is C21H26ClN3O4. The number of halogens is 1. The average Bonchev–Trinajstić information content (AvgIpc) is 3.07. The Morgan fingerprint density at radius 1 is 1.21 bits per heavy atom. The molecule has 2 amide bonds. The second kappa shape index (κ2) is 7.32. The van der Waals surface area contributed by atoms with Crippen LogP contribution in [0, 0.1) is 0 Å². The highest BCUT2D eigenvalue weighted by Gasteiger charge is 2.64. The van der Waals surface area contributed by atoms with Gasteiger partial charge in [0.15, 0.2) is 0 Å². The van der Waals surface area contributed by atoms with Crippen LogP contribution in [0.3, 0.4) is 0 Å². The molecule has 1 aromatic carbocycles. The van der Waals surface area contributed by atoms with Gasteiger partial charge in [0.05, 0.1) is 18.7 Å². The van der Waals surface area contributed by atoms with E-state index in [0.717, 1.165) is 31.6 Å². The molecule has 7 nitrogen and oxygen atoms in total. The van der Waals surface area contributed by atoms with Gasteiger partial charge in [0, 0.05) is 43.9 Å². The van der Waals surface area contributed by atoms with Crippen molar-refractivity contribution in [3.05, 3.63) is 34.9 Å². The van der Waals surface area contributed by atoms with Crippen molar-refractivity contribution >= 4 is 23.4 Å². The number of amides is 2. The molecule has 1 aromatic rings. The van der Waals surface area contributed by atoms with Gasteiger partial charge in [0.1, 0.15) is 5.54 Å². The Hall–Kier alpha value is -1.51. The zero-order valence-electron chi connectivity index (χ0n) is 16.3. The molecule has 0 radical (unpaired) electrons. The molecule has 4 aliphatic heterocycles. The van der Waals surface area contributed by atoms with E-state index < -0.39 is 17.7 Å². The predicted molar refractivity (Wildman–Crippen MR) is 106 cm³/mol. The molecule has 1 spiro atoms. The summed E-state index contributed by atoms with van der Waals surface area (Å²) in [5.74, 6) is -0.349. The minimum absolute atomic E-state index is 0.142. The second-order valence-electron chi connectivity index (χ2n) is 8.70. The van der Waals surface area contributed by atoms with E-state index in [-0.39, 0.29) is 18.4 Å². The summed E-state index contributed by atoms with van der Waals surface area (Å²) in [6.45, 7) is 3.34. The van der Waals surface area contributed by atoms with Gasteiger partial charge < -0.3 is 9.84 Å². The lowest BCUT2D eigenvalue weighted by atomic mass is 9.80. The van der Waals surface area contributed by atoms with Crippen LogP contribution in [0.25, 0.3) is 0 Å². The van der Waals surface area contributed by atoms with Crippen molar-refractivity contribution in [2.75, 3.05) is 32.8 Å². The van der Waals surface area contributed by atoms with Crippen LogP contribution in [-0.4, -0.2) is 88.2 Å². The molecule has 1 N–H and O–H groups in total. The van der Waals surface area contributed by atoms with E-state index in [2.05, 4.69) is 4.90 Å². The van der Waals surface area contributed by atoms with Crippen molar-refractivity contribution in [3.63, 3.8) is 0 Å². The highest BCUT2D eigenvalue weighted by atomic mass is 35.5. The zero-order valence-corrected chi connectivity index (χ0v) is 17.1. The molecule has 4 saturated heterocycles.